The molecule has 0 heterocycles. The quantitative estimate of drug-likeness (QED) is 0.893. The number of carbonyl (C=O) groups is 1. The van der Waals surface area contributed by atoms with Gasteiger partial charge in [-0.2, -0.15) is 0 Å². The van der Waals surface area contributed by atoms with Crippen molar-refractivity contribution < 1.29 is 13.2 Å². The Morgan fingerprint density at radius 2 is 1.86 bits per heavy atom. The molecule has 6 heteroatoms. The normalized spacial score (nSPS) is 27.6. The molecule has 0 saturated heterocycles. The Kier molecular flexibility index (Phi) is 3.65. The maximum atomic E-state index is 12.2. The summed E-state index contributed by atoms with van der Waals surface area (Å²) in [4.78, 5) is 12.2. The van der Waals surface area contributed by atoms with Gasteiger partial charge in [-0.05, 0) is 55.4 Å². The molecule has 0 aliphatic heterocycles. The van der Waals surface area contributed by atoms with Crippen LogP contribution < -0.4 is 10.0 Å². The zero-order chi connectivity index (χ0) is 15.0. The Bertz CT molecular complexity index is 639. The fraction of sp³-hybridized carbons (Fsp3) is 0.533. The summed E-state index contributed by atoms with van der Waals surface area (Å²) in [6.45, 7) is 0. The summed E-state index contributed by atoms with van der Waals surface area (Å²) in [5.74, 6) is 1.37. The molecular formula is C15H20N2O3S. The second-order valence-corrected chi connectivity index (χ2v) is 7.95. The van der Waals surface area contributed by atoms with Crippen LogP contribution in [-0.4, -0.2) is 26.6 Å². The Morgan fingerprint density at radius 1 is 1.14 bits per heavy atom. The molecule has 2 aliphatic rings. The van der Waals surface area contributed by atoms with Crippen molar-refractivity contribution in [3.63, 3.8) is 0 Å². The summed E-state index contributed by atoms with van der Waals surface area (Å²) in [5.41, 5.74) is 1.03. The molecule has 2 bridgehead atoms. The van der Waals surface area contributed by atoms with E-state index in [-0.39, 0.29) is 5.91 Å². The second-order valence-electron chi connectivity index (χ2n) is 6.21. The van der Waals surface area contributed by atoms with Gasteiger partial charge in [-0.3, -0.25) is 9.52 Å². The van der Waals surface area contributed by atoms with E-state index in [0.717, 1.165) is 18.6 Å². The third-order valence-electron chi connectivity index (χ3n) is 4.50. The van der Waals surface area contributed by atoms with E-state index in [4.69, 9.17) is 0 Å². The highest BCUT2D eigenvalue weighted by Crippen LogP contribution is 2.44. The summed E-state index contributed by atoms with van der Waals surface area (Å²) in [6.07, 6.45) is 5.99. The molecule has 3 atom stereocenters. The minimum Gasteiger partial charge on any atom is -0.349 e. The summed E-state index contributed by atoms with van der Waals surface area (Å²) in [5, 5.41) is 3.12. The molecule has 0 unspecified atom stereocenters. The Hall–Kier alpha value is -1.56. The molecule has 1 aromatic carbocycles. The number of amides is 1. The highest BCUT2D eigenvalue weighted by molar-refractivity contribution is 7.92. The fourth-order valence-corrected chi connectivity index (χ4v) is 4.14. The number of benzene rings is 1. The number of fused-ring (bicyclic) bond motifs is 2. The maximum Gasteiger partial charge on any atom is 0.251 e. The molecule has 1 aromatic rings. The average Bonchev–Trinajstić information content (AvgIpc) is 3.00. The van der Waals surface area contributed by atoms with Crippen LogP contribution >= 0.6 is 0 Å². The highest BCUT2D eigenvalue weighted by atomic mass is 32.2. The lowest BCUT2D eigenvalue weighted by Gasteiger charge is -2.22. The third-order valence-corrected chi connectivity index (χ3v) is 5.11. The Morgan fingerprint density at radius 3 is 2.38 bits per heavy atom. The van der Waals surface area contributed by atoms with Gasteiger partial charge in [-0.25, -0.2) is 8.42 Å². The van der Waals surface area contributed by atoms with Crippen molar-refractivity contribution in [2.24, 2.45) is 11.8 Å². The molecule has 2 aliphatic carbocycles. The SMILES string of the molecule is CS(=O)(=O)Nc1ccc(C(=O)N[C@H]2C[C@@H]3CC[C@@H]2C3)cc1. The van der Waals surface area contributed by atoms with Gasteiger partial charge in [-0.15, -0.1) is 0 Å². The molecule has 0 spiro atoms. The van der Waals surface area contributed by atoms with Gasteiger partial charge in [0.15, 0.2) is 0 Å². The van der Waals surface area contributed by atoms with Crippen molar-refractivity contribution in [1.29, 1.82) is 0 Å². The van der Waals surface area contributed by atoms with Crippen LogP contribution in [0.3, 0.4) is 0 Å². The van der Waals surface area contributed by atoms with Gasteiger partial charge in [0, 0.05) is 17.3 Å². The summed E-state index contributed by atoms with van der Waals surface area (Å²) in [6, 6.07) is 6.82. The van der Waals surface area contributed by atoms with Crippen molar-refractivity contribution in [2.45, 2.75) is 31.7 Å². The van der Waals surface area contributed by atoms with Gasteiger partial charge in [0.2, 0.25) is 10.0 Å². The summed E-state index contributed by atoms with van der Waals surface area (Å²) < 4.78 is 24.6. The van der Waals surface area contributed by atoms with Crippen molar-refractivity contribution in [3.8, 4) is 0 Å². The van der Waals surface area contributed by atoms with Gasteiger partial charge in [0.1, 0.15) is 0 Å². The number of anilines is 1. The summed E-state index contributed by atoms with van der Waals surface area (Å²) in [7, 11) is -3.29. The molecule has 1 amide bonds. The van der Waals surface area contributed by atoms with Crippen LogP contribution in [-0.2, 0) is 10.0 Å². The Labute approximate surface area is 125 Å². The van der Waals surface area contributed by atoms with E-state index in [9.17, 15) is 13.2 Å². The number of hydrogen-bond acceptors (Lipinski definition) is 3. The van der Waals surface area contributed by atoms with E-state index in [1.165, 1.54) is 19.3 Å². The van der Waals surface area contributed by atoms with Crippen LogP contribution in [0.15, 0.2) is 24.3 Å². The summed E-state index contributed by atoms with van der Waals surface area (Å²) >= 11 is 0. The van der Waals surface area contributed by atoms with E-state index in [1.54, 1.807) is 24.3 Å². The van der Waals surface area contributed by atoms with Crippen molar-refractivity contribution >= 4 is 21.6 Å². The van der Waals surface area contributed by atoms with Crippen LogP contribution in [0, 0.1) is 11.8 Å². The van der Waals surface area contributed by atoms with Crippen LogP contribution in [0.5, 0.6) is 0 Å². The molecule has 2 fully saturated rings. The predicted octanol–water partition coefficient (Wildman–Crippen LogP) is 1.98. The van der Waals surface area contributed by atoms with Gasteiger partial charge in [0.25, 0.3) is 5.91 Å². The molecule has 0 aromatic heterocycles. The predicted molar refractivity (Wildman–Crippen MR) is 81.6 cm³/mol. The van der Waals surface area contributed by atoms with E-state index >= 15 is 0 Å². The van der Waals surface area contributed by atoms with Crippen molar-refractivity contribution in [1.82, 2.24) is 5.32 Å². The van der Waals surface area contributed by atoms with Gasteiger partial charge >= 0.3 is 0 Å². The number of carbonyl (C=O) groups excluding carboxylic acids is 1. The fourth-order valence-electron chi connectivity index (χ4n) is 3.58. The molecular weight excluding hydrogens is 288 g/mol. The minimum atomic E-state index is -3.29. The van der Waals surface area contributed by atoms with Crippen molar-refractivity contribution in [3.05, 3.63) is 29.8 Å². The standard InChI is InChI=1S/C15H20N2O3S/c1-21(19,20)17-13-6-4-11(5-7-13)15(18)16-14-9-10-2-3-12(14)8-10/h4-7,10,12,14,17H,2-3,8-9H2,1H3,(H,16,18)/t10-,12-,14+/m1/s1. The van der Waals surface area contributed by atoms with Crippen LogP contribution in [0.4, 0.5) is 5.69 Å². The highest BCUT2D eigenvalue weighted by Gasteiger charge is 2.40. The topological polar surface area (TPSA) is 75.3 Å². The van der Waals surface area contributed by atoms with E-state index < -0.39 is 10.0 Å². The largest absolute Gasteiger partial charge is 0.349 e. The lowest BCUT2D eigenvalue weighted by molar-refractivity contribution is 0.0923. The van der Waals surface area contributed by atoms with Crippen LogP contribution in [0.1, 0.15) is 36.0 Å². The molecule has 114 valence electrons. The molecule has 3 rings (SSSR count). The van der Waals surface area contributed by atoms with E-state index in [1.807, 2.05) is 0 Å². The van der Waals surface area contributed by atoms with Gasteiger partial charge in [0.05, 0.1) is 6.26 Å². The first-order valence-corrected chi connectivity index (χ1v) is 9.18. The molecule has 5 nitrogen and oxygen atoms in total. The Balaban J connectivity index is 1.62. The molecule has 21 heavy (non-hydrogen) atoms. The van der Waals surface area contributed by atoms with Gasteiger partial charge < -0.3 is 5.32 Å². The van der Waals surface area contributed by atoms with E-state index in [2.05, 4.69) is 10.0 Å². The first kappa shape index (κ1) is 14.4. The van der Waals surface area contributed by atoms with Gasteiger partial charge in [-0.1, -0.05) is 6.42 Å². The zero-order valence-electron chi connectivity index (χ0n) is 12.0. The van der Waals surface area contributed by atoms with Crippen LogP contribution in [0.2, 0.25) is 0 Å². The van der Waals surface area contributed by atoms with Crippen molar-refractivity contribution in [2.75, 3.05) is 11.0 Å². The zero-order valence-corrected chi connectivity index (χ0v) is 12.8. The molecule has 2 saturated carbocycles. The average molecular weight is 308 g/mol. The number of rotatable bonds is 4. The number of sulfonamides is 1. The van der Waals surface area contributed by atoms with Crippen LogP contribution in [0.25, 0.3) is 0 Å². The minimum absolute atomic E-state index is 0.0709. The number of hydrogen-bond donors (Lipinski definition) is 2. The molecule has 2 N–H and O–H groups in total. The second kappa shape index (κ2) is 5.33. The molecule has 0 radical (unpaired) electrons. The monoisotopic (exact) mass is 308 g/mol. The first-order valence-electron chi connectivity index (χ1n) is 7.29. The smallest absolute Gasteiger partial charge is 0.251 e. The lowest BCUT2D eigenvalue weighted by Crippen LogP contribution is -2.38. The maximum absolute atomic E-state index is 12.2. The lowest BCUT2D eigenvalue weighted by atomic mass is 9.95. The third kappa shape index (κ3) is 3.37. The first-order chi connectivity index (χ1) is 9.90. The number of nitrogens with one attached hydrogen (secondary N) is 2. The van der Waals surface area contributed by atoms with E-state index in [0.29, 0.717) is 23.2 Å².